The smallest absolute Gasteiger partial charge is 0.253 e. The van der Waals surface area contributed by atoms with Crippen LogP contribution in [0.4, 0.5) is 0 Å². The molecule has 0 spiro atoms. The minimum absolute atomic E-state index is 0.0285. The van der Waals surface area contributed by atoms with Crippen molar-refractivity contribution in [3.8, 4) is 5.75 Å². The average molecular weight is 571 g/mol. The van der Waals surface area contributed by atoms with Gasteiger partial charge in [0.1, 0.15) is 18.4 Å². The highest BCUT2D eigenvalue weighted by atomic mass is 16.5. The molecule has 0 aromatic heterocycles. The highest BCUT2D eigenvalue weighted by Gasteiger charge is 2.39. The van der Waals surface area contributed by atoms with Crippen LogP contribution in [-0.4, -0.2) is 78.3 Å². The van der Waals surface area contributed by atoms with Crippen LogP contribution in [0.3, 0.4) is 0 Å². The monoisotopic (exact) mass is 570 g/mol. The van der Waals surface area contributed by atoms with E-state index in [9.17, 15) is 19.2 Å². The summed E-state index contributed by atoms with van der Waals surface area (Å²) in [5.41, 5.74) is 0.939. The number of benzene rings is 3. The van der Waals surface area contributed by atoms with E-state index in [1.54, 1.807) is 47.2 Å². The normalized spacial score (nSPS) is 21.0. The van der Waals surface area contributed by atoms with Crippen molar-refractivity contribution >= 4 is 34.4 Å². The van der Waals surface area contributed by atoms with Crippen LogP contribution >= 0.6 is 0 Å². The first-order valence-electron chi connectivity index (χ1n) is 14.7. The Bertz CT molecular complexity index is 1470. The van der Waals surface area contributed by atoms with Gasteiger partial charge in [-0.05, 0) is 60.4 Å². The molecule has 9 nitrogen and oxygen atoms in total. The first-order valence-corrected chi connectivity index (χ1v) is 14.7. The maximum atomic E-state index is 14.1. The molecule has 0 radical (unpaired) electrons. The average Bonchev–Trinajstić information content (AvgIpc) is 3.41. The Morgan fingerprint density at radius 1 is 0.976 bits per heavy atom. The maximum absolute atomic E-state index is 14.1. The van der Waals surface area contributed by atoms with Crippen LogP contribution in [0.2, 0.25) is 0 Å². The van der Waals surface area contributed by atoms with Gasteiger partial charge in [-0.1, -0.05) is 49.7 Å². The van der Waals surface area contributed by atoms with Crippen LogP contribution in [0.1, 0.15) is 59.7 Å². The number of hydrogen-bond acceptors (Lipinski definition) is 5. The fourth-order valence-electron chi connectivity index (χ4n) is 5.67. The second-order valence-corrected chi connectivity index (χ2v) is 11.2. The zero-order valence-corrected chi connectivity index (χ0v) is 24.2. The largest absolute Gasteiger partial charge is 0.491 e. The summed E-state index contributed by atoms with van der Waals surface area (Å²) in [5.74, 6) is -0.297. The number of hydrogen-bond donors (Lipinski definition) is 2. The quantitative estimate of drug-likeness (QED) is 0.469. The molecular formula is C33H38N4O5. The summed E-state index contributed by atoms with van der Waals surface area (Å²) in [7, 11) is 1.68. The maximum Gasteiger partial charge on any atom is 0.253 e. The number of nitrogens with one attached hydrogen (secondary N) is 2. The van der Waals surface area contributed by atoms with E-state index in [-0.39, 0.29) is 55.3 Å². The van der Waals surface area contributed by atoms with Gasteiger partial charge in [-0.3, -0.25) is 19.2 Å². The molecule has 220 valence electrons. The van der Waals surface area contributed by atoms with Gasteiger partial charge in [0.05, 0.1) is 6.04 Å². The summed E-state index contributed by atoms with van der Waals surface area (Å²) in [6, 6.07) is 18.8. The minimum Gasteiger partial charge on any atom is -0.491 e. The first kappa shape index (κ1) is 29.1. The molecule has 2 N–H and O–H groups in total. The van der Waals surface area contributed by atoms with Crippen molar-refractivity contribution in [1.29, 1.82) is 0 Å². The first-order chi connectivity index (χ1) is 20.3. The van der Waals surface area contributed by atoms with Crippen molar-refractivity contribution in [3.05, 3.63) is 77.9 Å². The molecule has 2 aliphatic heterocycles. The lowest BCUT2D eigenvalue weighted by Gasteiger charge is -2.30. The molecular weight excluding hydrogens is 532 g/mol. The van der Waals surface area contributed by atoms with Crippen LogP contribution in [0.15, 0.2) is 66.7 Å². The minimum atomic E-state index is -0.875. The van der Waals surface area contributed by atoms with E-state index in [4.69, 9.17) is 4.74 Å². The summed E-state index contributed by atoms with van der Waals surface area (Å²) in [6.07, 6.45) is 2.94. The fraction of sp³-hybridized carbons (Fsp3) is 0.394. The Morgan fingerprint density at radius 3 is 2.60 bits per heavy atom. The number of carbonyl (C=O) groups excluding carboxylic acids is 4. The molecule has 3 aromatic carbocycles. The summed E-state index contributed by atoms with van der Waals surface area (Å²) in [4.78, 5) is 56.5. The van der Waals surface area contributed by atoms with Crippen LogP contribution in [-0.2, 0) is 9.59 Å². The van der Waals surface area contributed by atoms with E-state index >= 15 is 0 Å². The Hall–Kier alpha value is -4.40. The Morgan fingerprint density at radius 2 is 1.79 bits per heavy atom. The van der Waals surface area contributed by atoms with Crippen LogP contribution < -0.4 is 15.4 Å². The van der Waals surface area contributed by atoms with Crippen LogP contribution in [0, 0.1) is 0 Å². The number of carbonyl (C=O) groups is 4. The van der Waals surface area contributed by atoms with Crippen molar-refractivity contribution in [2.45, 2.75) is 57.2 Å². The van der Waals surface area contributed by atoms with Crippen LogP contribution in [0.5, 0.6) is 5.75 Å². The van der Waals surface area contributed by atoms with E-state index in [1.807, 2.05) is 43.3 Å². The molecule has 0 saturated carbocycles. The second kappa shape index (κ2) is 13.1. The molecule has 4 amide bonds. The predicted octanol–water partition coefficient (Wildman–Crippen LogP) is 3.77. The second-order valence-electron chi connectivity index (χ2n) is 11.2. The zero-order chi connectivity index (χ0) is 29.6. The number of unbranched alkanes of at least 4 members (excludes halogenated alkanes) is 1. The Labute approximate surface area is 246 Å². The third-order valence-electron chi connectivity index (χ3n) is 8.06. The van der Waals surface area contributed by atoms with Gasteiger partial charge < -0.3 is 25.2 Å². The van der Waals surface area contributed by atoms with Gasteiger partial charge in [-0.2, -0.15) is 0 Å². The summed E-state index contributed by atoms with van der Waals surface area (Å²) < 4.78 is 6.09. The summed E-state index contributed by atoms with van der Waals surface area (Å²) >= 11 is 0. The number of rotatable bonds is 6. The molecule has 2 heterocycles. The van der Waals surface area contributed by atoms with E-state index in [0.29, 0.717) is 36.3 Å². The third kappa shape index (κ3) is 6.73. The van der Waals surface area contributed by atoms with E-state index in [2.05, 4.69) is 10.6 Å². The SMILES string of the molecule is CCCCC(=O)N[C@H]1C[C@H]2COc3cccc(c3)C(=O)N(C)CC[C@H](NC(=O)c3ccc4ccccc4c3)C(=O)N2C1. The lowest BCUT2D eigenvalue weighted by atomic mass is 10.1. The summed E-state index contributed by atoms with van der Waals surface area (Å²) in [5, 5.41) is 7.99. The molecule has 2 aliphatic rings. The van der Waals surface area contributed by atoms with Gasteiger partial charge in [-0.15, -0.1) is 0 Å². The highest BCUT2D eigenvalue weighted by molar-refractivity contribution is 6.01. The lowest BCUT2D eigenvalue weighted by molar-refractivity contribution is -0.135. The van der Waals surface area contributed by atoms with Crippen LogP contribution in [0.25, 0.3) is 10.8 Å². The van der Waals surface area contributed by atoms with Crippen molar-refractivity contribution in [1.82, 2.24) is 20.4 Å². The topological polar surface area (TPSA) is 108 Å². The van der Waals surface area contributed by atoms with Crippen molar-refractivity contribution in [2.24, 2.45) is 0 Å². The van der Waals surface area contributed by atoms with Gasteiger partial charge in [0, 0.05) is 43.7 Å². The Balaban J connectivity index is 1.41. The molecule has 1 saturated heterocycles. The number of ether oxygens (including phenoxy) is 1. The Kier molecular flexibility index (Phi) is 9.05. The third-order valence-corrected chi connectivity index (χ3v) is 8.06. The number of amides is 4. The lowest BCUT2D eigenvalue weighted by Crippen LogP contribution is -2.52. The van der Waals surface area contributed by atoms with Gasteiger partial charge in [0.15, 0.2) is 0 Å². The van der Waals surface area contributed by atoms with Gasteiger partial charge in [0.25, 0.3) is 11.8 Å². The molecule has 5 rings (SSSR count). The predicted molar refractivity (Wildman–Crippen MR) is 160 cm³/mol. The van der Waals surface area contributed by atoms with E-state index < -0.39 is 6.04 Å². The zero-order valence-electron chi connectivity index (χ0n) is 24.2. The molecule has 9 heteroatoms. The number of nitrogens with zero attached hydrogens (tertiary/aromatic N) is 2. The van der Waals surface area contributed by atoms with E-state index in [1.165, 1.54) is 0 Å². The molecule has 2 bridgehead atoms. The number of fused-ring (bicyclic) bond motifs is 4. The van der Waals surface area contributed by atoms with Gasteiger partial charge in [0.2, 0.25) is 11.8 Å². The molecule has 42 heavy (non-hydrogen) atoms. The van der Waals surface area contributed by atoms with Crippen molar-refractivity contribution < 1.29 is 23.9 Å². The fourth-order valence-corrected chi connectivity index (χ4v) is 5.67. The molecule has 3 aromatic rings. The van der Waals surface area contributed by atoms with Gasteiger partial charge >= 0.3 is 0 Å². The van der Waals surface area contributed by atoms with Crippen molar-refractivity contribution in [2.75, 3.05) is 26.7 Å². The highest BCUT2D eigenvalue weighted by Crippen LogP contribution is 2.24. The summed E-state index contributed by atoms with van der Waals surface area (Å²) in [6.45, 7) is 2.82. The standard InChI is InChI=1S/C33H38N4O5/c1-3-4-12-30(38)34-26-19-27-21-42-28-11-7-10-25(18-28)32(40)36(2)16-15-29(33(41)37(27)20-26)35-31(39)24-14-13-22-8-5-6-9-23(22)17-24/h5-11,13-14,17-18,26-27,29H,3-4,12,15-16,19-21H2,1-2H3,(H,34,38)(H,35,39)/t26-,27-,29-/m0/s1. The molecule has 3 atom stereocenters. The molecule has 0 aliphatic carbocycles. The molecule has 0 unspecified atom stereocenters. The van der Waals surface area contributed by atoms with Gasteiger partial charge in [-0.25, -0.2) is 0 Å². The molecule has 1 fully saturated rings. The van der Waals surface area contributed by atoms with Crippen molar-refractivity contribution in [3.63, 3.8) is 0 Å². The van der Waals surface area contributed by atoms with E-state index in [0.717, 1.165) is 23.6 Å².